The molecule has 3 N–H and O–H groups in total. The topological polar surface area (TPSA) is 72.6 Å². The van der Waals surface area contributed by atoms with Crippen molar-refractivity contribution in [2.75, 3.05) is 0 Å². The Kier molecular flexibility index (Phi) is 3.42. The number of rotatable bonds is 3. The molecular weight excluding hydrogens is 170 g/mol. The van der Waals surface area contributed by atoms with Crippen molar-refractivity contribution in [3.8, 4) is 0 Å². The minimum Gasteiger partial charge on any atom is -0.318 e. The molecule has 0 saturated heterocycles. The third-order valence-corrected chi connectivity index (χ3v) is 1.69. The molecule has 1 unspecified atom stereocenters. The van der Waals surface area contributed by atoms with Gasteiger partial charge in [0.1, 0.15) is 6.04 Å². The van der Waals surface area contributed by atoms with Gasteiger partial charge in [-0.05, 0) is 12.0 Å². The van der Waals surface area contributed by atoms with E-state index in [9.17, 15) is 4.79 Å². The molecule has 1 aromatic carbocycles. The maximum Gasteiger partial charge on any atom is 0.358 e. The normalized spacial score (nSPS) is 12.2. The molecule has 0 aliphatic carbocycles. The Labute approximate surface area is 75.9 Å². The van der Waals surface area contributed by atoms with E-state index in [0.717, 1.165) is 5.56 Å². The molecule has 0 bridgehead atoms. The first kappa shape index (κ1) is 9.70. The molecule has 0 spiro atoms. The zero-order valence-corrected chi connectivity index (χ0v) is 7.01. The van der Waals surface area contributed by atoms with Crippen LogP contribution in [0.15, 0.2) is 30.3 Å². The summed E-state index contributed by atoms with van der Waals surface area (Å²) in [5.41, 5.74) is 6.36. The van der Waals surface area contributed by atoms with Crippen LogP contribution in [0.2, 0.25) is 0 Å². The molecule has 4 heteroatoms. The molecule has 13 heavy (non-hydrogen) atoms. The number of nitrogens with two attached hydrogens (primary N) is 1. The molecule has 1 aromatic rings. The molecule has 0 fully saturated rings. The van der Waals surface area contributed by atoms with Gasteiger partial charge in [-0.15, -0.1) is 0 Å². The van der Waals surface area contributed by atoms with Gasteiger partial charge in [0.2, 0.25) is 0 Å². The Balaban J connectivity index is 2.55. The van der Waals surface area contributed by atoms with Crippen LogP contribution in [-0.4, -0.2) is 17.3 Å². The third-order valence-electron chi connectivity index (χ3n) is 1.69. The molecule has 0 radical (unpaired) electrons. The summed E-state index contributed by atoms with van der Waals surface area (Å²) in [4.78, 5) is 14.2. The van der Waals surface area contributed by atoms with Gasteiger partial charge < -0.3 is 5.73 Å². The van der Waals surface area contributed by atoms with Crippen molar-refractivity contribution in [3.63, 3.8) is 0 Å². The lowest BCUT2D eigenvalue weighted by atomic mass is 10.1. The molecule has 4 nitrogen and oxygen atoms in total. The molecule has 70 valence electrons. The van der Waals surface area contributed by atoms with Crippen molar-refractivity contribution in [2.45, 2.75) is 12.5 Å². The first-order valence-corrected chi connectivity index (χ1v) is 3.89. The first-order valence-electron chi connectivity index (χ1n) is 3.89. The van der Waals surface area contributed by atoms with E-state index < -0.39 is 12.0 Å². The maximum atomic E-state index is 10.7. The fourth-order valence-corrected chi connectivity index (χ4v) is 1.02. The zero-order valence-electron chi connectivity index (χ0n) is 7.01. The minimum atomic E-state index is -0.816. The van der Waals surface area contributed by atoms with Crippen LogP contribution in [0.25, 0.3) is 0 Å². The van der Waals surface area contributed by atoms with Gasteiger partial charge in [0.25, 0.3) is 0 Å². The van der Waals surface area contributed by atoms with Crippen molar-refractivity contribution in [1.82, 2.24) is 0 Å². The van der Waals surface area contributed by atoms with Crippen LogP contribution >= 0.6 is 0 Å². The number of carbonyl (C=O) groups is 1. The van der Waals surface area contributed by atoms with E-state index in [2.05, 4.69) is 4.89 Å². The van der Waals surface area contributed by atoms with Crippen molar-refractivity contribution in [1.29, 1.82) is 0 Å². The summed E-state index contributed by atoms with van der Waals surface area (Å²) in [5, 5.41) is 8.05. The summed E-state index contributed by atoms with van der Waals surface area (Å²) in [6.07, 6.45) is 0.361. The molecule has 0 heterocycles. The Morgan fingerprint density at radius 2 is 2.08 bits per heavy atom. The third kappa shape index (κ3) is 2.85. The molecular formula is C9H11NO3. The Morgan fingerprint density at radius 1 is 1.46 bits per heavy atom. The van der Waals surface area contributed by atoms with Gasteiger partial charge in [0.15, 0.2) is 0 Å². The van der Waals surface area contributed by atoms with Gasteiger partial charge in [-0.25, -0.2) is 4.79 Å². The van der Waals surface area contributed by atoms with Crippen molar-refractivity contribution < 1.29 is 14.9 Å². The number of benzene rings is 1. The monoisotopic (exact) mass is 181 g/mol. The van der Waals surface area contributed by atoms with Gasteiger partial charge in [0.05, 0.1) is 0 Å². The Bertz CT molecular complexity index is 273. The highest BCUT2D eigenvalue weighted by molar-refractivity contribution is 5.75. The number of hydrogen-bond acceptors (Lipinski definition) is 4. The predicted molar refractivity (Wildman–Crippen MR) is 46.8 cm³/mol. The number of hydrogen-bond donors (Lipinski definition) is 2. The van der Waals surface area contributed by atoms with Crippen LogP contribution in [0.1, 0.15) is 5.56 Å². The smallest absolute Gasteiger partial charge is 0.318 e. The average molecular weight is 181 g/mol. The molecule has 1 rings (SSSR count). The molecule has 1 atom stereocenters. The van der Waals surface area contributed by atoms with E-state index in [-0.39, 0.29) is 0 Å². The summed E-state index contributed by atoms with van der Waals surface area (Å²) < 4.78 is 0. The summed E-state index contributed by atoms with van der Waals surface area (Å²) >= 11 is 0. The maximum absolute atomic E-state index is 10.7. The van der Waals surface area contributed by atoms with Crippen LogP contribution in [0.3, 0.4) is 0 Å². The van der Waals surface area contributed by atoms with Crippen LogP contribution in [-0.2, 0) is 16.1 Å². The summed E-state index contributed by atoms with van der Waals surface area (Å²) in [5.74, 6) is -0.816. The molecule has 0 aromatic heterocycles. The highest BCUT2D eigenvalue weighted by Crippen LogP contribution is 2.02. The van der Waals surface area contributed by atoms with E-state index in [1.165, 1.54) is 0 Å². The molecule has 0 aliphatic rings. The van der Waals surface area contributed by atoms with Gasteiger partial charge >= 0.3 is 5.97 Å². The second kappa shape index (κ2) is 4.59. The number of carbonyl (C=O) groups excluding carboxylic acids is 1. The quantitative estimate of drug-likeness (QED) is 0.528. The highest BCUT2D eigenvalue weighted by Gasteiger charge is 2.15. The predicted octanol–water partition coefficient (Wildman–Crippen LogP) is 0.573. The second-order valence-corrected chi connectivity index (χ2v) is 2.71. The second-order valence-electron chi connectivity index (χ2n) is 2.71. The largest absolute Gasteiger partial charge is 0.358 e. The van der Waals surface area contributed by atoms with Crippen molar-refractivity contribution >= 4 is 5.97 Å². The molecule has 0 aliphatic heterocycles. The highest BCUT2D eigenvalue weighted by atomic mass is 17.1. The van der Waals surface area contributed by atoms with Crippen LogP contribution in [0, 0.1) is 0 Å². The Morgan fingerprint density at radius 3 is 2.62 bits per heavy atom. The zero-order chi connectivity index (χ0) is 9.68. The standard InChI is InChI=1S/C9H11NO3/c10-8(9(11)13-12)6-7-4-2-1-3-5-7/h1-5,8,12H,6,10H2. The van der Waals surface area contributed by atoms with Crippen molar-refractivity contribution in [2.24, 2.45) is 5.73 Å². The van der Waals surface area contributed by atoms with E-state index >= 15 is 0 Å². The van der Waals surface area contributed by atoms with E-state index in [1.54, 1.807) is 0 Å². The van der Waals surface area contributed by atoms with Gasteiger partial charge in [-0.3, -0.25) is 4.89 Å². The van der Waals surface area contributed by atoms with E-state index in [0.29, 0.717) is 6.42 Å². The molecule has 0 amide bonds. The lowest BCUT2D eigenvalue weighted by Crippen LogP contribution is -2.33. The molecule has 0 saturated carbocycles. The van der Waals surface area contributed by atoms with Crippen LogP contribution < -0.4 is 5.73 Å². The average Bonchev–Trinajstić information content (AvgIpc) is 2.18. The minimum absolute atomic E-state index is 0.361. The Hall–Kier alpha value is -1.39. The van der Waals surface area contributed by atoms with Gasteiger partial charge in [0, 0.05) is 0 Å². The summed E-state index contributed by atoms with van der Waals surface area (Å²) in [6.45, 7) is 0. The van der Waals surface area contributed by atoms with Gasteiger partial charge in [-0.1, -0.05) is 30.3 Å². The SMILES string of the molecule is NC(Cc1ccccc1)C(=O)OO. The fourth-order valence-electron chi connectivity index (χ4n) is 1.02. The van der Waals surface area contributed by atoms with Crippen molar-refractivity contribution in [3.05, 3.63) is 35.9 Å². The fraction of sp³-hybridized carbons (Fsp3) is 0.222. The lowest BCUT2D eigenvalue weighted by molar-refractivity contribution is -0.235. The lowest BCUT2D eigenvalue weighted by Gasteiger charge is -2.06. The van der Waals surface area contributed by atoms with Crippen LogP contribution in [0.5, 0.6) is 0 Å². The summed E-state index contributed by atoms with van der Waals surface area (Å²) in [7, 11) is 0. The van der Waals surface area contributed by atoms with E-state index in [4.69, 9.17) is 11.0 Å². The summed E-state index contributed by atoms with van der Waals surface area (Å²) in [6, 6.07) is 8.47. The van der Waals surface area contributed by atoms with E-state index in [1.807, 2.05) is 30.3 Å². The van der Waals surface area contributed by atoms with Gasteiger partial charge in [-0.2, -0.15) is 5.26 Å². The van der Waals surface area contributed by atoms with Crippen LogP contribution in [0.4, 0.5) is 0 Å². The first-order chi connectivity index (χ1) is 6.24.